The zero-order chi connectivity index (χ0) is 32.5. The number of ether oxygens (including phenoxy) is 3. The number of anilines is 3. The van der Waals surface area contributed by atoms with Gasteiger partial charge in [0.15, 0.2) is 17.3 Å². The van der Waals surface area contributed by atoms with E-state index in [4.69, 9.17) is 14.2 Å². The monoisotopic (exact) mass is 647 g/mol. The van der Waals surface area contributed by atoms with E-state index >= 15 is 4.39 Å². The van der Waals surface area contributed by atoms with Crippen LogP contribution in [-0.4, -0.2) is 104 Å². The second-order valence-electron chi connectivity index (χ2n) is 11.8. The van der Waals surface area contributed by atoms with Gasteiger partial charge in [0, 0.05) is 56.9 Å². The van der Waals surface area contributed by atoms with Gasteiger partial charge in [0.2, 0.25) is 5.91 Å². The molecule has 3 aliphatic rings. The van der Waals surface area contributed by atoms with E-state index in [1.165, 1.54) is 41.4 Å². The Kier molecular flexibility index (Phi) is 8.73. The molecule has 4 heterocycles. The largest absolute Gasteiger partial charge is 0.452 e. The molecule has 0 saturated carbocycles. The standard InChI is InChI=1S/C33H35F2N7O5/c1-39-28(20-40-8-12-45-13-9-40)31(33(44)42(39)24-5-2-22(34)3-6-24)32(43)37-23-4-7-29(25(35)17-23)47-30-16-21-19-36-38-26(21)18-27(30)41-10-14-46-15-11-41/h2-7,16-19,28,31H,8-15,20H2,1H3,(H,36,38)(H,37,43). The first kappa shape index (κ1) is 31.0. The molecule has 3 aromatic carbocycles. The van der Waals surface area contributed by atoms with E-state index in [2.05, 4.69) is 25.3 Å². The van der Waals surface area contributed by atoms with Crippen molar-refractivity contribution in [3.05, 3.63) is 72.4 Å². The van der Waals surface area contributed by atoms with Crippen molar-refractivity contribution < 1.29 is 32.6 Å². The van der Waals surface area contributed by atoms with Gasteiger partial charge in [0.25, 0.3) is 5.91 Å². The summed E-state index contributed by atoms with van der Waals surface area (Å²) in [6.45, 7) is 5.31. The number of carbonyl (C=O) groups excluding carboxylic acids is 2. The number of nitrogens with one attached hydrogen (secondary N) is 2. The molecule has 0 bridgehead atoms. The Morgan fingerprint density at radius 2 is 1.70 bits per heavy atom. The average Bonchev–Trinajstić information content (AvgIpc) is 3.64. The number of halogens is 2. The molecule has 0 radical (unpaired) electrons. The number of hydrogen-bond acceptors (Lipinski definition) is 9. The van der Waals surface area contributed by atoms with E-state index in [-0.39, 0.29) is 11.4 Å². The number of H-pyrrole nitrogens is 1. The van der Waals surface area contributed by atoms with Crippen LogP contribution in [0.1, 0.15) is 0 Å². The predicted molar refractivity (Wildman–Crippen MR) is 170 cm³/mol. The highest BCUT2D eigenvalue weighted by molar-refractivity contribution is 6.13. The number of aromatic nitrogens is 2. The van der Waals surface area contributed by atoms with Crippen molar-refractivity contribution in [2.45, 2.75) is 6.04 Å². The number of morpholine rings is 2. The first-order valence-corrected chi connectivity index (χ1v) is 15.6. The molecular formula is C33H35F2N7O5. The third-order valence-corrected chi connectivity index (χ3v) is 8.85. The molecule has 0 aliphatic carbocycles. The molecule has 47 heavy (non-hydrogen) atoms. The van der Waals surface area contributed by atoms with Crippen molar-refractivity contribution in [3.63, 3.8) is 0 Å². The summed E-state index contributed by atoms with van der Waals surface area (Å²) in [6, 6.07) is 12.9. The Hall–Kier alpha value is -4.63. The van der Waals surface area contributed by atoms with Gasteiger partial charge in [-0.15, -0.1) is 0 Å². The second kappa shape index (κ2) is 13.2. The normalized spacial score (nSPS) is 21.0. The number of hydrogen-bond donors (Lipinski definition) is 2. The average molecular weight is 648 g/mol. The van der Waals surface area contributed by atoms with Crippen molar-refractivity contribution in [2.75, 3.05) is 81.4 Å². The molecule has 246 valence electrons. The van der Waals surface area contributed by atoms with Crippen LogP contribution >= 0.6 is 0 Å². The maximum absolute atomic E-state index is 15.6. The lowest BCUT2D eigenvalue weighted by Crippen LogP contribution is -2.49. The van der Waals surface area contributed by atoms with Crippen LogP contribution in [0.25, 0.3) is 10.9 Å². The number of hydrazine groups is 1. The van der Waals surface area contributed by atoms with Crippen LogP contribution in [0, 0.1) is 17.6 Å². The van der Waals surface area contributed by atoms with Gasteiger partial charge in [-0.25, -0.2) is 18.8 Å². The molecule has 2 unspecified atom stereocenters. The molecule has 3 saturated heterocycles. The van der Waals surface area contributed by atoms with Gasteiger partial charge in [-0.05, 0) is 48.5 Å². The highest BCUT2D eigenvalue weighted by Gasteiger charge is 2.50. The highest BCUT2D eigenvalue weighted by atomic mass is 19.1. The molecular weight excluding hydrogens is 612 g/mol. The van der Waals surface area contributed by atoms with Gasteiger partial charge in [0.05, 0.1) is 55.6 Å². The van der Waals surface area contributed by atoms with Crippen LogP contribution in [0.2, 0.25) is 0 Å². The zero-order valence-electron chi connectivity index (χ0n) is 25.8. The molecule has 0 spiro atoms. The Labute approximate surface area is 269 Å². The number of nitrogens with zero attached hydrogens (tertiary/aromatic N) is 5. The van der Waals surface area contributed by atoms with E-state index in [1.807, 2.05) is 12.1 Å². The fourth-order valence-electron chi connectivity index (χ4n) is 6.36. The van der Waals surface area contributed by atoms with E-state index in [9.17, 15) is 14.0 Å². The molecule has 3 fully saturated rings. The van der Waals surface area contributed by atoms with Crippen molar-refractivity contribution in [3.8, 4) is 11.5 Å². The quantitative estimate of drug-likeness (QED) is 0.277. The van der Waals surface area contributed by atoms with Crippen LogP contribution in [0.15, 0.2) is 60.8 Å². The minimum atomic E-state index is -1.11. The lowest BCUT2D eigenvalue weighted by Gasteiger charge is -2.34. The third-order valence-electron chi connectivity index (χ3n) is 8.85. The molecule has 2 N–H and O–H groups in total. The fourth-order valence-corrected chi connectivity index (χ4v) is 6.36. The number of amides is 2. The van der Waals surface area contributed by atoms with E-state index in [1.54, 1.807) is 24.3 Å². The number of rotatable bonds is 8. The lowest BCUT2D eigenvalue weighted by molar-refractivity contribution is -0.129. The van der Waals surface area contributed by atoms with Crippen molar-refractivity contribution in [1.82, 2.24) is 20.1 Å². The first-order valence-electron chi connectivity index (χ1n) is 15.6. The predicted octanol–water partition coefficient (Wildman–Crippen LogP) is 3.62. The first-order chi connectivity index (χ1) is 22.9. The van der Waals surface area contributed by atoms with Gasteiger partial charge >= 0.3 is 0 Å². The summed E-state index contributed by atoms with van der Waals surface area (Å²) in [7, 11) is 1.73. The van der Waals surface area contributed by atoms with Gasteiger partial charge in [-0.1, -0.05) is 0 Å². The van der Waals surface area contributed by atoms with Gasteiger partial charge < -0.3 is 24.4 Å². The van der Waals surface area contributed by atoms with E-state index in [0.717, 1.165) is 16.6 Å². The lowest BCUT2D eigenvalue weighted by atomic mass is 9.98. The van der Waals surface area contributed by atoms with Crippen LogP contribution in [-0.2, 0) is 19.1 Å². The molecule has 12 nitrogen and oxygen atoms in total. The SMILES string of the molecule is CN1C(CN2CCOCC2)C(C(=O)Nc2ccc(Oc3cc4cn[nH]c4cc3N3CCOCC3)c(F)c2)C(=O)N1c1ccc(F)cc1. The Bertz CT molecular complexity index is 1760. The molecule has 2 amide bonds. The number of likely N-dealkylation sites (N-methyl/N-ethyl adjacent to an activating group) is 1. The Morgan fingerprint density at radius 3 is 2.43 bits per heavy atom. The van der Waals surface area contributed by atoms with Crippen molar-refractivity contribution >= 4 is 39.8 Å². The Morgan fingerprint density at radius 1 is 0.979 bits per heavy atom. The highest BCUT2D eigenvalue weighted by Crippen LogP contribution is 2.38. The smallest absolute Gasteiger partial charge is 0.255 e. The van der Waals surface area contributed by atoms with Crippen LogP contribution < -0.4 is 20.0 Å². The number of fused-ring (bicyclic) bond motifs is 1. The van der Waals surface area contributed by atoms with Crippen LogP contribution in [0.4, 0.5) is 25.8 Å². The van der Waals surface area contributed by atoms with Gasteiger partial charge in [0.1, 0.15) is 11.7 Å². The van der Waals surface area contributed by atoms with E-state index in [0.29, 0.717) is 70.6 Å². The summed E-state index contributed by atoms with van der Waals surface area (Å²) in [6.07, 6.45) is 1.67. The molecule has 2 atom stereocenters. The molecule has 3 aliphatic heterocycles. The minimum absolute atomic E-state index is 0.0234. The molecule has 7 rings (SSSR count). The summed E-state index contributed by atoms with van der Waals surface area (Å²) in [5.41, 5.74) is 2.23. The van der Waals surface area contributed by atoms with Crippen LogP contribution in [0.5, 0.6) is 11.5 Å². The third kappa shape index (κ3) is 6.37. The second-order valence-corrected chi connectivity index (χ2v) is 11.8. The maximum Gasteiger partial charge on any atom is 0.255 e. The van der Waals surface area contributed by atoms with Crippen molar-refractivity contribution in [2.24, 2.45) is 5.92 Å². The fraction of sp³-hybridized carbons (Fsp3) is 0.364. The Balaban J connectivity index is 1.12. The van der Waals surface area contributed by atoms with Gasteiger partial charge in [-0.3, -0.25) is 19.6 Å². The minimum Gasteiger partial charge on any atom is -0.452 e. The molecule has 4 aromatic rings. The summed E-state index contributed by atoms with van der Waals surface area (Å²) in [5.74, 6) is -2.82. The van der Waals surface area contributed by atoms with Crippen LogP contribution in [0.3, 0.4) is 0 Å². The zero-order valence-corrected chi connectivity index (χ0v) is 25.8. The molecule has 1 aromatic heterocycles. The summed E-state index contributed by atoms with van der Waals surface area (Å²) >= 11 is 0. The number of carbonyl (C=O) groups is 2. The molecule has 14 heteroatoms. The van der Waals surface area contributed by atoms with Crippen molar-refractivity contribution in [1.29, 1.82) is 0 Å². The van der Waals surface area contributed by atoms with Gasteiger partial charge in [-0.2, -0.15) is 5.10 Å². The summed E-state index contributed by atoms with van der Waals surface area (Å²) in [4.78, 5) is 31.9. The number of aromatic amines is 1. The van der Waals surface area contributed by atoms with E-state index < -0.39 is 35.4 Å². The summed E-state index contributed by atoms with van der Waals surface area (Å²) in [5, 5.41) is 13.8. The summed E-state index contributed by atoms with van der Waals surface area (Å²) < 4.78 is 46.3. The maximum atomic E-state index is 15.6. The topological polar surface area (TPSA) is 115 Å². The number of benzene rings is 3.